The maximum absolute atomic E-state index is 12.1. The molecule has 0 aliphatic heterocycles. The van der Waals surface area contributed by atoms with Crippen LogP contribution >= 0.6 is 0 Å². The average molecular weight is 290 g/mol. The Labute approximate surface area is 123 Å². The van der Waals surface area contributed by atoms with E-state index in [1.54, 1.807) is 44.2 Å². The Morgan fingerprint density at radius 1 is 1.29 bits per heavy atom. The third kappa shape index (κ3) is 4.29. The molecule has 0 spiro atoms. The molecule has 0 atom stereocenters. The third-order valence-electron chi connectivity index (χ3n) is 2.94. The van der Waals surface area contributed by atoms with Gasteiger partial charge in [0.25, 0.3) is 0 Å². The van der Waals surface area contributed by atoms with Gasteiger partial charge in [-0.05, 0) is 26.0 Å². The maximum atomic E-state index is 12.1. The number of hydrogen-bond donors (Lipinski definition) is 0. The van der Waals surface area contributed by atoms with Crippen LogP contribution in [-0.4, -0.2) is 36.2 Å². The second-order valence-electron chi connectivity index (χ2n) is 4.81. The summed E-state index contributed by atoms with van der Waals surface area (Å²) in [6.07, 6.45) is 0.114. The van der Waals surface area contributed by atoms with E-state index in [1.165, 1.54) is 12.2 Å². The lowest BCUT2D eigenvalue weighted by atomic mass is 10.1. The molecule has 21 heavy (non-hydrogen) atoms. The fourth-order valence-electron chi connectivity index (χ4n) is 1.67. The predicted octanol–water partition coefficient (Wildman–Crippen LogP) is 1.93. The molecule has 0 amide bonds. The number of esters is 1. The minimum Gasteiger partial charge on any atom is -0.468 e. The third-order valence-corrected chi connectivity index (χ3v) is 2.94. The molecule has 0 heterocycles. The van der Waals surface area contributed by atoms with E-state index in [0.29, 0.717) is 5.56 Å². The lowest BCUT2D eigenvalue weighted by Gasteiger charge is -2.33. The van der Waals surface area contributed by atoms with Crippen molar-refractivity contribution in [3.8, 4) is 6.07 Å². The predicted molar refractivity (Wildman–Crippen MR) is 74.9 cm³/mol. The van der Waals surface area contributed by atoms with Gasteiger partial charge in [-0.2, -0.15) is 5.26 Å². The van der Waals surface area contributed by atoms with Crippen molar-refractivity contribution < 1.29 is 19.2 Å². The lowest BCUT2D eigenvalue weighted by molar-refractivity contribution is -0.193. The fourth-order valence-corrected chi connectivity index (χ4v) is 1.67. The molecular weight excluding hydrogens is 272 g/mol. The summed E-state index contributed by atoms with van der Waals surface area (Å²) in [5.74, 6) is -1.15. The van der Waals surface area contributed by atoms with Gasteiger partial charge in [-0.15, -0.1) is 5.06 Å². The molecular formula is C15H18N2O4. The first-order valence-electron chi connectivity index (χ1n) is 6.43. The van der Waals surface area contributed by atoms with E-state index in [0.717, 1.165) is 0 Å². The first-order chi connectivity index (χ1) is 9.93. The lowest BCUT2D eigenvalue weighted by Crippen LogP contribution is -2.51. The average Bonchev–Trinajstić information content (AvgIpc) is 2.50. The fraction of sp³-hybridized carbons (Fsp3) is 0.400. The maximum Gasteiger partial charge on any atom is 0.357 e. The minimum absolute atomic E-state index is 0.108. The van der Waals surface area contributed by atoms with E-state index in [4.69, 9.17) is 14.8 Å². The number of ether oxygens (including phenoxy) is 1. The van der Waals surface area contributed by atoms with Crippen LogP contribution < -0.4 is 0 Å². The van der Waals surface area contributed by atoms with Crippen molar-refractivity contribution in [1.82, 2.24) is 5.06 Å². The number of benzene rings is 1. The van der Waals surface area contributed by atoms with Crippen LogP contribution in [0, 0.1) is 11.3 Å². The molecule has 0 aromatic heterocycles. The van der Waals surface area contributed by atoms with Gasteiger partial charge in [-0.3, -0.25) is 0 Å². The van der Waals surface area contributed by atoms with Gasteiger partial charge in [0.2, 0.25) is 0 Å². The van der Waals surface area contributed by atoms with Gasteiger partial charge >= 0.3 is 11.9 Å². The van der Waals surface area contributed by atoms with Crippen molar-refractivity contribution in [2.24, 2.45) is 0 Å². The molecule has 1 aromatic carbocycles. The van der Waals surface area contributed by atoms with Crippen LogP contribution in [0.15, 0.2) is 30.3 Å². The first-order valence-corrected chi connectivity index (χ1v) is 6.43. The number of hydroxylamine groups is 2. The van der Waals surface area contributed by atoms with Gasteiger partial charge in [0, 0.05) is 6.54 Å². The number of rotatable bonds is 6. The van der Waals surface area contributed by atoms with Crippen LogP contribution in [0.3, 0.4) is 0 Å². The molecule has 0 fully saturated rings. The Balaban J connectivity index is 2.91. The largest absolute Gasteiger partial charge is 0.468 e. The monoisotopic (exact) mass is 290 g/mol. The summed E-state index contributed by atoms with van der Waals surface area (Å²) in [5.41, 5.74) is -0.823. The summed E-state index contributed by atoms with van der Waals surface area (Å²) in [6.45, 7) is 3.24. The molecule has 0 aliphatic carbocycles. The summed E-state index contributed by atoms with van der Waals surface area (Å²) in [6, 6.07) is 10.4. The van der Waals surface area contributed by atoms with Crippen molar-refractivity contribution in [1.29, 1.82) is 5.26 Å². The van der Waals surface area contributed by atoms with Crippen molar-refractivity contribution in [2.45, 2.75) is 25.8 Å². The Morgan fingerprint density at radius 3 is 2.43 bits per heavy atom. The van der Waals surface area contributed by atoms with Crippen molar-refractivity contribution in [2.75, 3.05) is 13.7 Å². The van der Waals surface area contributed by atoms with Crippen LogP contribution in [0.2, 0.25) is 0 Å². The number of nitrogens with zero attached hydrogens (tertiary/aromatic N) is 2. The minimum atomic E-state index is -1.18. The number of hydrogen-bond acceptors (Lipinski definition) is 6. The second kappa shape index (κ2) is 7.41. The molecule has 0 saturated heterocycles. The normalized spacial score (nSPS) is 10.8. The summed E-state index contributed by atoms with van der Waals surface area (Å²) in [7, 11) is 1.26. The molecule has 1 aromatic rings. The summed E-state index contributed by atoms with van der Waals surface area (Å²) in [4.78, 5) is 29.2. The van der Waals surface area contributed by atoms with Gasteiger partial charge in [0.05, 0.1) is 25.2 Å². The standard InChI is InChI=1S/C15H18N2O4/c1-15(2,14(19)20-3)17(11-7-10-16)21-13(18)12-8-5-4-6-9-12/h4-6,8-9H,7,11H2,1-3H3. The second-order valence-corrected chi connectivity index (χ2v) is 4.81. The van der Waals surface area contributed by atoms with E-state index in [2.05, 4.69) is 0 Å². The molecule has 0 N–H and O–H groups in total. The molecule has 0 saturated carbocycles. The SMILES string of the molecule is COC(=O)C(C)(C)N(CCC#N)OC(=O)c1ccccc1. The van der Waals surface area contributed by atoms with Crippen LogP contribution in [0.1, 0.15) is 30.6 Å². The number of methoxy groups -OCH3 is 1. The molecule has 112 valence electrons. The number of carbonyl (C=O) groups is 2. The van der Waals surface area contributed by atoms with Crippen LogP contribution in [0.5, 0.6) is 0 Å². The zero-order valence-corrected chi connectivity index (χ0v) is 12.3. The summed E-state index contributed by atoms with van der Waals surface area (Å²) in [5, 5.41) is 9.87. The van der Waals surface area contributed by atoms with Gasteiger partial charge in [0.1, 0.15) is 5.54 Å². The Morgan fingerprint density at radius 2 is 1.90 bits per heavy atom. The number of nitriles is 1. The highest BCUT2D eigenvalue weighted by atomic mass is 16.7. The van der Waals surface area contributed by atoms with Gasteiger partial charge in [0.15, 0.2) is 0 Å². The van der Waals surface area contributed by atoms with E-state index in [9.17, 15) is 9.59 Å². The molecule has 6 heteroatoms. The Kier molecular flexibility index (Phi) is 5.88. The molecule has 6 nitrogen and oxygen atoms in total. The van der Waals surface area contributed by atoms with Gasteiger partial charge in [-0.25, -0.2) is 9.59 Å². The molecule has 1 rings (SSSR count). The zero-order valence-electron chi connectivity index (χ0n) is 12.3. The van der Waals surface area contributed by atoms with Crippen LogP contribution in [0.4, 0.5) is 0 Å². The molecule has 0 radical (unpaired) electrons. The van der Waals surface area contributed by atoms with Crippen molar-refractivity contribution in [3.63, 3.8) is 0 Å². The summed E-state index contributed by atoms with van der Waals surface area (Å²) >= 11 is 0. The highest BCUT2D eigenvalue weighted by Gasteiger charge is 2.38. The van der Waals surface area contributed by atoms with E-state index < -0.39 is 17.5 Å². The van der Waals surface area contributed by atoms with Gasteiger partial charge in [-0.1, -0.05) is 18.2 Å². The smallest absolute Gasteiger partial charge is 0.357 e. The Bertz CT molecular complexity index is 534. The van der Waals surface area contributed by atoms with Crippen LogP contribution in [0.25, 0.3) is 0 Å². The molecule has 0 bridgehead atoms. The summed E-state index contributed by atoms with van der Waals surface area (Å²) < 4.78 is 4.71. The highest BCUT2D eigenvalue weighted by molar-refractivity contribution is 5.89. The first kappa shape index (κ1) is 16.7. The van der Waals surface area contributed by atoms with Crippen molar-refractivity contribution in [3.05, 3.63) is 35.9 Å². The zero-order chi connectivity index (χ0) is 15.9. The van der Waals surface area contributed by atoms with Gasteiger partial charge < -0.3 is 9.57 Å². The van der Waals surface area contributed by atoms with Crippen LogP contribution in [-0.2, 0) is 14.4 Å². The van der Waals surface area contributed by atoms with E-state index in [-0.39, 0.29) is 13.0 Å². The topological polar surface area (TPSA) is 79.6 Å². The number of carbonyl (C=O) groups excluding carboxylic acids is 2. The molecule has 0 unspecified atom stereocenters. The van der Waals surface area contributed by atoms with E-state index >= 15 is 0 Å². The quantitative estimate of drug-likeness (QED) is 0.588. The molecule has 0 aliphatic rings. The highest BCUT2D eigenvalue weighted by Crippen LogP contribution is 2.18. The Hall–Kier alpha value is -2.39. The van der Waals surface area contributed by atoms with Crippen molar-refractivity contribution >= 4 is 11.9 Å². The van der Waals surface area contributed by atoms with E-state index in [1.807, 2.05) is 6.07 Å².